The molecule has 2 aliphatic rings. The zero-order chi connectivity index (χ0) is 15.0. The number of aromatic nitrogens is 1. The number of likely N-dealkylation sites (tertiary alicyclic amines) is 1. The largest absolute Gasteiger partial charge is 0.346 e. The number of nitrogens with two attached hydrogens (primary N) is 1. The molecule has 1 aliphatic heterocycles. The van der Waals surface area contributed by atoms with E-state index in [4.69, 9.17) is 5.73 Å². The molecule has 2 heterocycles. The third-order valence-electron chi connectivity index (χ3n) is 4.42. The number of hydrogen-bond donors (Lipinski definition) is 2. The lowest BCUT2D eigenvalue weighted by molar-refractivity contribution is 0.394. The summed E-state index contributed by atoms with van der Waals surface area (Å²) in [5.41, 5.74) is 6.62. The Bertz CT molecular complexity index is 606. The van der Waals surface area contributed by atoms with E-state index >= 15 is 0 Å². The van der Waals surface area contributed by atoms with Crippen LogP contribution in [0.3, 0.4) is 0 Å². The van der Waals surface area contributed by atoms with Gasteiger partial charge in [0.2, 0.25) is 10.0 Å². The van der Waals surface area contributed by atoms with Crippen molar-refractivity contribution in [2.24, 2.45) is 11.7 Å². The maximum atomic E-state index is 12.4. The Labute approximate surface area is 126 Å². The first-order valence-corrected chi connectivity index (χ1v) is 9.07. The standard InChI is InChI=1S/C14H24N4O2S/c1-17-5-4-11(9-17)8-16-21(19,20)14-6-13(7-15)18(10-14)12-2-3-12/h6,10-12,16H,2-5,7-9,15H2,1H3. The van der Waals surface area contributed by atoms with Crippen molar-refractivity contribution in [2.45, 2.75) is 36.7 Å². The van der Waals surface area contributed by atoms with Crippen molar-refractivity contribution in [2.75, 3.05) is 26.7 Å². The van der Waals surface area contributed by atoms with E-state index in [1.165, 1.54) is 0 Å². The van der Waals surface area contributed by atoms with Crippen LogP contribution in [0.25, 0.3) is 0 Å². The smallest absolute Gasteiger partial charge is 0.242 e. The van der Waals surface area contributed by atoms with Crippen LogP contribution in [-0.4, -0.2) is 44.6 Å². The third kappa shape index (κ3) is 3.31. The summed E-state index contributed by atoms with van der Waals surface area (Å²) in [6.07, 6.45) is 5.02. The third-order valence-corrected chi connectivity index (χ3v) is 5.81. The van der Waals surface area contributed by atoms with E-state index in [0.29, 0.717) is 29.9 Å². The molecule has 1 saturated heterocycles. The molecule has 0 amide bonds. The molecule has 1 aromatic heterocycles. The fourth-order valence-electron chi connectivity index (χ4n) is 3.00. The quantitative estimate of drug-likeness (QED) is 0.802. The van der Waals surface area contributed by atoms with Crippen LogP contribution < -0.4 is 10.5 Å². The molecule has 3 rings (SSSR count). The zero-order valence-electron chi connectivity index (χ0n) is 12.5. The van der Waals surface area contributed by atoms with Gasteiger partial charge in [-0.1, -0.05) is 0 Å². The Kier molecular flexibility index (Phi) is 4.09. The highest BCUT2D eigenvalue weighted by Gasteiger charge is 2.28. The van der Waals surface area contributed by atoms with Gasteiger partial charge >= 0.3 is 0 Å². The molecule has 0 radical (unpaired) electrons. The number of hydrogen-bond acceptors (Lipinski definition) is 4. The molecule has 1 unspecified atom stereocenters. The SMILES string of the molecule is CN1CCC(CNS(=O)(=O)c2cc(CN)n(C3CC3)c2)C1. The molecule has 7 heteroatoms. The molecule has 0 bridgehead atoms. The average Bonchev–Trinajstić information content (AvgIpc) is 3.05. The van der Waals surface area contributed by atoms with Crippen molar-refractivity contribution >= 4 is 10.0 Å². The maximum Gasteiger partial charge on any atom is 0.242 e. The topological polar surface area (TPSA) is 80.4 Å². The highest BCUT2D eigenvalue weighted by atomic mass is 32.2. The van der Waals surface area contributed by atoms with E-state index in [-0.39, 0.29) is 0 Å². The molecule has 0 spiro atoms. The summed E-state index contributed by atoms with van der Waals surface area (Å²) in [5, 5.41) is 0. The van der Waals surface area contributed by atoms with Gasteiger partial charge in [0, 0.05) is 37.6 Å². The van der Waals surface area contributed by atoms with E-state index in [2.05, 4.69) is 16.7 Å². The lowest BCUT2D eigenvalue weighted by Gasteiger charge is -2.11. The van der Waals surface area contributed by atoms with E-state index in [0.717, 1.165) is 38.0 Å². The van der Waals surface area contributed by atoms with Crippen LogP contribution in [-0.2, 0) is 16.6 Å². The minimum atomic E-state index is -3.43. The lowest BCUT2D eigenvalue weighted by Crippen LogP contribution is -2.30. The summed E-state index contributed by atoms with van der Waals surface area (Å²) in [6, 6.07) is 2.15. The fraction of sp³-hybridized carbons (Fsp3) is 0.714. The fourth-order valence-corrected chi connectivity index (χ4v) is 4.17. The number of nitrogens with zero attached hydrogens (tertiary/aromatic N) is 2. The van der Waals surface area contributed by atoms with Gasteiger partial charge in [-0.2, -0.15) is 0 Å². The van der Waals surface area contributed by atoms with Crippen LogP contribution in [0.2, 0.25) is 0 Å². The lowest BCUT2D eigenvalue weighted by atomic mass is 10.1. The summed E-state index contributed by atoms with van der Waals surface area (Å²) in [5.74, 6) is 0.407. The number of sulfonamides is 1. The first kappa shape index (κ1) is 15.0. The monoisotopic (exact) mass is 312 g/mol. The highest BCUT2D eigenvalue weighted by Crippen LogP contribution is 2.37. The van der Waals surface area contributed by atoms with Gasteiger partial charge in [0.25, 0.3) is 0 Å². The van der Waals surface area contributed by atoms with Crippen LogP contribution in [0.4, 0.5) is 0 Å². The second kappa shape index (κ2) is 5.72. The molecule has 2 fully saturated rings. The van der Waals surface area contributed by atoms with Gasteiger partial charge in [-0.05, 0) is 44.8 Å². The first-order chi connectivity index (χ1) is 9.99. The van der Waals surface area contributed by atoms with Crippen LogP contribution in [0.5, 0.6) is 0 Å². The molecule has 1 aliphatic carbocycles. The van der Waals surface area contributed by atoms with Crippen molar-refractivity contribution < 1.29 is 8.42 Å². The Morgan fingerprint density at radius 1 is 1.38 bits per heavy atom. The van der Waals surface area contributed by atoms with Crippen molar-refractivity contribution in [3.63, 3.8) is 0 Å². The second-order valence-corrected chi connectivity index (χ2v) is 8.05. The summed E-state index contributed by atoms with van der Waals surface area (Å²) in [7, 11) is -1.36. The molecule has 0 aromatic carbocycles. The number of rotatable bonds is 6. The number of nitrogens with one attached hydrogen (secondary N) is 1. The Morgan fingerprint density at radius 2 is 2.14 bits per heavy atom. The summed E-state index contributed by atoms with van der Waals surface area (Å²) in [4.78, 5) is 2.58. The van der Waals surface area contributed by atoms with E-state index in [9.17, 15) is 8.42 Å². The van der Waals surface area contributed by atoms with Crippen LogP contribution in [0.15, 0.2) is 17.2 Å². The normalized spacial score (nSPS) is 23.8. The van der Waals surface area contributed by atoms with E-state index in [1.54, 1.807) is 12.3 Å². The molecule has 21 heavy (non-hydrogen) atoms. The minimum Gasteiger partial charge on any atom is -0.346 e. The Hall–Kier alpha value is -0.890. The minimum absolute atomic E-state index is 0.348. The zero-order valence-corrected chi connectivity index (χ0v) is 13.3. The highest BCUT2D eigenvalue weighted by molar-refractivity contribution is 7.89. The molecule has 1 atom stereocenters. The molecule has 3 N–H and O–H groups in total. The van der Waals surface area contributed by atoms with Crippen LogP contribution in [0, 0.1) is 5.92 Å². The van der Waals surface area contributed by atoms with Gasteiger partial charge in [-0.15, -0.1) is 0 Å². The average molecular weight is 312 g/mol. The summed E-state index contributed by atoms with van der Waals surface area (Å²) < 4.78 is 29.6. The van der Waals surface area contributed by atoms with Gasteiger partial charge in [0.05, 0.1) is 4.90 Å². The Balaban J connectivity index is 1.69. The van der Waals surface area contributed by atoms with Gasteiger partial charge < -0.3 is 15.2 Å². The molecule has 6 nitrogen and oxygen atoms in total. The molecular formula is C14H24N4O2S. The van der Waals surface area contributed by atoms with E-state index in [1.807, 2.05) is 4.57 Å². The Morgan fingerprint density at radius 3 is 2.71 bits per heavy atom. The van der Waals surface area contributed by atoms with Crippen molar-refractivity contribution in [1.29, 1.82) is 0 Å². The van der Waals surface area contributed by atoms with Gasteiger partial charge in [0.15, 0.2) is 0 Å². The summed E-state index contributed by atoms with van der Waals surface area (Å²) >= 11 is 0. The van der Waals surface area contributed by atoms with Crippen molar-refractivity contribution in [1.82, 2.24) is 14.2 Å². The maximum absolute atomic E-state index is 12.4. The van der Waals surface area contributed by atoms with Gasteiger partial charge in [-0.3, -0.25) is 0 Å². The van der Waals surface area contributed by atoms with Crippen molar-refractivity contribution in [3.05, 3.63) is 18.0 Å². The molecule has 1 aromatic rings. The van der Waals surface area contributed by atoms with Gasteiger partial charge in [-0.25, -0.2) is 13.1 Å². The van der Waals surface area contributed by atoms with Crippen LogP contribution in [0.1, 0.15) is 31.0 Å². The molecule has 118 valence electrons. The van der Waals surface area contributed by atoms with Crippen LogP contribution >= 0.6 is 0 Å². The summed E-state index contributed by atoms with van der Waals surface area (Å²) in [6.45, 7) is 2.89. The predicted molar refractivity (Wildman–Crippen MR) is 81.4 cm³/mol. The van der Waals surface area contributed by atoms with Gasteiger partial charge in [0.1, 0.15) is 0 Å². The van der Waals surface area contributed by atoms with Crippen molar-refractivity contribution in [3.8, 4) is 0 Å². The molecular weight excluding hydrogens is 288 g/mol. The predicted octanol–water partition coefficient (Wildman–Crippen LogP) is 0.512. The second-order valence-electron chi connectivity index (χ2n) is 6.28. The van der Waals surface area contributed by atoms with E-state index < -0.39 is 10.0 Å². The first-order valence-electron chi connectivity index (χ1n) is 7.58. The molecule has 1 saturated carbocycles.